The lowest BCUT2D eigenvalue weighted by Crippen LogP contribution is -2.43. The quantitative estimate of drug-likeness (QED) is 0.686. The van der Waals surface area contributed by atoms with Gasteiger partial charge in [0.15, 0.2) is 11.5 Å². The number of para-hydroxylation sites is 1. The van der Waals surface area contributed by atoms with Gasteiger partial charge in [0.05, 0.1) is 20.3 Å². The maximum Gasteiger partial charge on any atom is 0.237 e. The van der Waals surface area contributed by atoms with Crippen LogP contribution in [-0.4, -0.2) is 51.2 Å². The second-order valence-electron chi connectivity index (χ2n) is 6.97. The molecule has 1 fully saturated rings. The van der Waals surface area contributed by atoms with E-state index >= 15 is 0 Å². The molecule has 1 saturated heterocycles. The van der Waals surface area contributed by atoms with Crippen LogP contribution in [0.15, 0.2) is 48.5 Å². The number of carbonyl (C=O) groups is 1. The van der Waals surface area contributed by atoms with E-state index in [2.05, 4.69) is 15.5 Å². The molecule has 28 heavy (non-hydrogen) atoms. The highest BCUT2D eigenvalue weighted by Crippen LogP contribution is 2.38. The van der Waals surface area contributed by atoms with E-state index in [0.29, 0.717) is 24.6 Å². The van der Waals surface area contributed by atoms with Crippen LogP contribution in [0.1, 0.15) is 24.4 Å². The number of carbonyl (C=O) groups excluding carboxylic acids is 1. The molecule has 6 nitrogen and oxygen atoms in total. The predicted octanol–water partition coefficient (Wildman–Crippen LogP) is 3.07. The Morgan fingerprint density at radius 2 is 1.79 bits per heavy atom. The number of rotatable bonds is 8. The number of nitrogens with zero attached hydrogens (tertiary/aromatic N) is 1. The molecule has 6 heteroatoms. The van der Waals surface area contributed by atoms with E-state index in [1.807, 2.05) is 55.6 Å². The largest absolute Gasteiger partial charge is 0.493 e. The van der Waals surface area contributed by atoms with E-state index in [1.165, 1.54) is 0 Å². The summed E-state index contributed by atoms with van der Waals surface area (Å²) in [6.45, 7) is 1.30. The van der Waals surface area contributed by atoms with Gasteiger partial charge >= 0.3 is 0 Å². The van der Waals surface area contributed by atoms with Gasteiger partial charge in [0.2, 0.25) is 5.91 Å². The molecule has 0 spiro atoms. The molecule has 150 valence electrons. The molecule has 0 bridgehead atoms. The first-order valence-corrected chi connectivity index (χ1v) is 9.64. The first-order valence-electron chi connectivity index (χ1n) is 9.64. The van der Waals surface area contributed by atoms with E-state index < -0.39 is 0 Å². The second-order valence-corrected chi connectivity index (χ2v) is 6.97. The molecule has 2 atom stereocenters. The highest BCUT2D eigenvalue weighted by molar-refractivity contribution is 5.82. The van der Waals surface area contributed by atoms with E-state index in [1.54, 1.807) is 14.2 Å². The third-order valence-corrected chi connectivity index (χ3v) is 5.32. The van der Waals surface area contributed by atoms with Crippen molar-refractivity contribution in [3.8, 4) is 11.5 Å². The van der Waals surface area contributed by atoms with Gasteiger partial charge in [-0.2, -0.15) is 0 Å². The number of ether oxygens (including phenoxy) is 2. The molecule has 0 saturated carbocycles. The number of hydrogen-bond acceptors (Lipinski definition) is 5. The predicted molar refractivity (Wildman–Crippen MR) is 111 cm³/mol. The summed E-state index contributed by atoms with van der Waals surface area (Å²) in [4.78, 5) is 14.8. The lowest BCUT2D eigenvalue weighted by Gasteiger charge is -2.26. The van der Waals surface area contributed by atoms with Crippen LogP contribution in [0.3, 0.4) is 0 Å². The fourth-order valence-corrected chi connectivity index (χ4v) is 3.78. The summed E-state index contributed by atoms with van der Waals surface area (Å²) in [5, 5.41) is 6.36. The third-order valence-electron chi connectivity index (χ3n) is 5.32. The zero-order valence-corrected chi connectivity index (χ0v) is 16.8. The molecule has 0 aliphatic carbocycles. The van der Waals surface area contributed by atoms with Crippen molar-refractivity contribution in [2.24, 2.45) is 0 Å². The van der Waals surface area contributed by atoms with E-state index in [4.69, 9.17) is 9.47 Å². The van der Waals surface area contributed by atoms with Crippen molar-refractivity contribution in [3.05, 3.63) is 54.1 Å². The summed E-state index contributed by atoms with van der Waals surface area (Å²) >= 11 is 0. The zero-order chi connectivity index (χ0) is 19.9. The number of amides is 1. The number of likely N-dealkylation sites (tertiary alicyclic amines) is 1. The van der Waals surface area contributed by atoms with Crippen molar-refractivity contribution in [2.45, 2.75) is 24.9 Å². The summed E-state index contributed by atoms with van der Waals surface area (Å²) < 4.78 is 10.7. The molecule has 0 aromatic heterocycles. The molecule has 2 aromatic carbocycles. The standard InChI is InChI=1S/C22H29N3O3/c1-25-18(16-9-12-20(27-2)21(15-16)28-3)10-11-19(25)22(26)24-14-13-23-17-7-5-4-6-8-17/h4-9,12,15,18-19,23H,10-11,13-14H2,1-3H3,(H,24,26). The van der Waals surface area contributed by atoms with Crippen molar-refractivity contribution >= 4 is 11.6 Å². The Labute approximate surface area is 166 Å². The molecule has 2 N–H and O–H groups in total. The van der Waals surface area contributed by atoms with Crippen molar-refractivity contribution in [1.82, 2.24) is 10.2 Å². The number of likely N-dealkylation sites (N-methyl/N-ethyl adjacent to an activating group) is 1. The summed E-state index contributed by atoms with van der Waals surface area (Å²) in [5.41, 5.74) is 2.20. The Kier molecular flexibility index (Phi) is 6.76. The third kappa shape index (κ3) is 4.57. The van der Waals surface area contributed by atoms with E-state index in [-0.39, 0.29) is 18.0 Å². The average Bonchev–Trinajstić information content (AvgIpc) is 3.12. The molecule has 0 radical (unpaired) electrons. The molecule has 1 aliphatic heterocycles. The van der Waals surface area contributed by atoms with Gasteiger partial charge in [-0.05, 0) is 49.7 Å². The zero-order valence-electron chi connectivity index (χ0n) is 16.8. The number of hydrogen-bond donors (Lipinski definition) is 2. The van der Waals surface area contributed by atoms with E-state index in [0.717, 1.165) is 24.1 Å². The highest BCUT2D eigenvalue weighted by Gasteiger charge is 2.36. The van der Waals surface area contributed by atoms with Gasteiger partial charge in [0.25, 0.3) is 0 Å². The molecule has 2 aromatic rings. The maximum atomic E-state index is 12.6. The topological polar surface area (TPSA) is 62.8 Å². The first-order chi connectivity index (χ1) is 13.6. The molecule has 2 unspecified atom stereocenters. The number of nitrogens with one attached hydrogen (secondary N) is 2. The Hall–Kier alpha value is -2.73. The first kappa shape index (κ1) is 20.0. The van der Waals surface area contributed by atoms with Crippen LogP contribution in [0, 0.1) is 0 Å². The van der Waals surface area contributed by atoms with Gasteiger partial charge in [0.1, 0.15) is 0 Å². The van der Waals surface area contributed by atoms with Crippen LogP contribution in [-0.2, 0) is 4.79 Å². The van der Waals surface area contributed by atoms with Gasteiger partial charge in [-0.1, -0.05) is 24.3 Å². The van der Waals surface area contributed by atoms with Crippen molar-refractivity contribution in [1.29, 1.82) is 0 Å². The minimum atomic E-state index is -0.116. The van der Waals surface area contributed by atoms with Crippen LogP contribution < -0.4 is 20.1 Å². The monoisotopic (exact) mass is 383 g/mol. The van der Waals surface area contributed by atoms with Crippen molar-refractivity contribution in [2.75, 3.05) is 39.7 Å². The summed E-state index contributed by atoms with van der Waals surface area (Å²) in [6.07, 6.45) is 1.78. The fraction of sp³-hybridized carbons (Fsp3) is 0.409. The minimum Gasteiger partial charge on any atom is -0.493 e. The molecular weight excluding hydrogens is 354 g/mol. The Morgan fingerprint density at radius 3 is 2.50 bits per heavy atom. The van der Waals surface area contributed by atoms with Gasteiger partial charge < -0.3 is 20.1 Å². The number of benzene rings is 2. The second kappa shape index (κ2) is 9.46. The minimum absolute atomic E-state index is 0.0836. The smallest absolute Gasteiger partial charge is 0.237 e. The summed E-state index contributed by atoms with van der Waals surface area (Å²) in [6, 6.07) is 16.0. The van der Waals surface area contributed by atoms with Gasteiger partial charge in [0, 0.05) is 24.8 Å². The lowest BCUT2D eigenvalue weighted by molar-refractivity contribution is -0.125. The average molecular weight is 383 g/mol. The van der Waals surface area contributed by atoms with Crippen molar-refractivity contribution in [3.63, 3.8) is 0 Å². The van der Waals surface area contributed by atoms with Crippen LogP contribution in [0.25, 0.3) is 0 Å². The van der Waals surface area contributed by atoms with Gasteiger partial charge in [-0.3, -0.25) is 9.69 Å². The van der Waals surface area contributed by atoms with Crippen LogP contribution in [0.4, 0.5) is 5.69 Å². The summed E-state index contributed by atoms with van der Waals surface area (Å²) in [5.74, 6) is 1.51. The van der Waals surface area contributed by atoms with E-state index in [9.17, 15) is 4.79 Å². The fourth-order valence-electron chi connectivity index (χ4n) is 3.78. The molecule has 1 aliphatic rings. The summed E-state index contributed by atoms with van der Waals surface area (Å²) in [7, 11) is 5.28. The van der Waals surface area contributed by atoms with Gasteiger partial charge in [-0.15, -0.1) is 0 Å². The number of anilines is 1. The normalized spacial score (nSPS) is 19.2. The molecule has 1 amide bonds. The Morgan fingerprint density at radius 1 is 1.04 bits per heavy atom. The molecule has 3 rings (SSSR count). The lowest BCUT2D eigenvalue weighted by atomic mass is 10.0. The van der Waals surface area contributed by atoms with Crippen molar-refractivity contribution < 1.29 is 14.3 Å². The van der Waals surface area contributed by atoms with Crippen LogP contribution in [0.2, 0.25) is 0 Å². The Balaban J connectivity index is 1.53. The SMILES string of the molecule is COc1ccc(C2CCC(C(=O)NCCNc3ccccc3)N2C)cc1OC. The molecule has 1 heterocycles. The van der Waals surface area contributed by atoms with Gasteiger partial charge in [-0.25, -0.2) is 0 Å². The highest BCUT2D eigenvalue weighted by atomic mass is 16.5. The molecular formula is C22H29N3O3. The van der Waals surface area contributed by atoms with Crippen LogP contribution in [0.5, 0.6) is 11.5 Å². The Bertz CT molecular complexity index is 782. The van der Waals surface area contributed by atoms with Crippen LogP contribution >= 0.6 is 0 Å². The maximum absolute atomic E-state index is 12.6. The number of methoxy groups -OCH3 is 2.